The number of morpholine rings is 1. The van der Waals surface area contributed by atoms with Gasteiger partial charge in [0.05, 0.1) is 31.5 Å². The third kappa shape index (κ3) is 5.22. The molecule has 8 nitrogen and oxygen atoms in total. The highest BCUT2D eigenvalue weighted by atomic mass is 19.1. The number of benzene rings is 3. The Morgan fingerprint density at radius 2 is 2.00 bits per heavy atom. The Morgan fingerprint density at radius 1 is 1.16 bits per heavy atom. The fraction of sp³-hybridized carbons (Fsp3) is 0.179. The van der Waals surface area contributed by atoms with Gasteiger partial charge in [-0.15, -0.1) is 0 Å². The molecule has 188 valence electrons. The van der Waals surface area contributed by atoms with Gasteiger partial charge in [-0.05, 0) is 48.0 Å². The average molecular weight is 500 g/mol. The zero-order valence-corrected chi connectivity index (χ0v) is 20.3. The van der Waals surface area contributed by atoms with E-state index in [1.165, 1.54) is 12.1 Å². The van der Waals surface area contributed by atoms with Gasteiger partial charge >= 0.3 is 0 Å². The van der Waals surface area contributed by atoms with E-state index in [0.29, 0.717) is 58.3 Å². The number of hydrogen-bond donors (Lipinski definition) is 2. The summed E-state index contributed by atoms with van der Waals surface area (Å²) >= 11 is 0. The minimum absolute atomic E-state index is 0.299. The monoisotopic (exact) mass is 499 g/mol. The van der Waals surface area contributed by atoms with Gasteiger partial charge in [-0.2, -0.15) is 0 Å². The first-order chi connectivity index (χ1) is 18.1. The second kappa shape index (κ2) is 10.6. The molecule has 4 aromatic rings. The molecular formula is C28H26FN5O3. The molecule has 9 heteroatoms. The van der Waals surface area contributed by atoms with E-state index in [-0.39, 0.29) is 5.91 Å². The van der Waals surface area contributed by atoms with E-state index in [2.05, 4.69) is 32.1 Å². The zero-order valence-electron chi connectivity index (χ0n) is 20.3. The fourth-order valence-corrected chi connectivity index (χ4v) is 4.28. The van der Waals surface area contributed by atoms with Crippen LogP contribution in [0.2, 0.25) is 0 Å². The number of fused-ring (bicyclic) bond motifs is 1. The normalized spacial score (nSPS) is 13.3. The van der Waals surface area contributed by atoms with E-state index >= 15 is 4.39 Å². The summed E-state index contributed by atoms with van der Waals surface area (Å²) in [5, 5.41) is 6.59. The van der Waals surface area contributed by atoms with Crippen molar-refractivity contribution in [1.29, 1.82) is 0 Å². The lowest BCUT2D eigenvalue weighted by Crippen LogP contribution is -2.36. The topological polar surface area (TPSA) is 88.6 Å². The molecule has 0 unspecified atom stereocenters. The number of carbonyl (C=O) groups is 1. The number of nitrogens with one attached hydrogen (secondary N) is 2. The molecule has 0 atom stereocenters. The zero-order chi connectivity index (χ0) is 25.8. The highest BCUT2D eigenvalue weighted by molar-refractivity contribution is 6.00. The molecule has 1 aliphatic heterocycles. The quantitative estimate of drug-likeness (QED) is 0.340. The van der Waals surface area contributed by atoms with E-state index in [1.54, 1.807) is 43.6 Å². The molecule has 0 bridgehead atoms. The minimum atomic E-state index is -0.434. The first-order valence-electron chi connectivity index (χ1n) is 11.8. The molecule has 2 heterocycles. The van der Waals surface area contributed by atoms with Gasteiger partial charge in [0, 0.05) is 47.7 Å². The molecule has 37 heavy (non-hydrogen) atoms. The lowest BCUT2D eigenvalue weighted by atomic mass is 10.0. The highest BCUT2D eigenvalue weighted by Crippen LogP contribution is 2.34. The number of hydrogen-bond acceptors (Lipinski definition) is 7. The Morgan fingerprint density at radius 3 is 2.78 bits per heavy atom. The van der Waals surface area contributed by atoms with Crippen molar-refractivity contribution in [2.75, 3.05) is 48.9 Å². The smallest absolute Gasteiger partial charge is 0.247 e. The molecular weight excluding hydrogens is 473 g/mol. The van der Waals surface area contributed by atoms with Crippen LogP contribution >= 0.6 is 0 Å². The SMILES string of the molecule is C=CC(=O)Nc1cccc(-c2c(F)ccc3cnc(Nc4ccc(N5CCOCC5)cc4OC)nc23)c1. The van der Waals surface area contributed by atoms with Crippen molar-refractivity contribution in [3.05, 3.63) is 79.3 Å². The lowest BCUT2D eigenvalue weighted by molar-refractivity contribution is -0.111. The number of aromatic nitrogens is 2. The van der Waals surface area contributed by atoms with E-state index in [9.17, 15) is 4.79 Å². The van der Waals surface area contributed by atoms with Crippen LogP contribution in [0.15, 0.2) is 73.4 Å². The molecule has 1 amide bonds. The summed E-state index contributed by atoms with van der Waals surface area (Å²) in [7, 11) is 1.61. The summed E-state index contributed by atoms with van der Waals surface area (Å²) in [5.74, 6) is 0.153. The number of rotatable bonds is 7. The third-order valence-electron chi connectivity index (χ3n) is 6.11. The van der Waals surface area contributed by atoms with E-state index in [4.69, 9.17) is 9.47 Å². The molecule has 0 radical (unpaired) electrons. The summed E-state index contributed by atoms with van der Waals surface area (Å²) in [6.45, 7) is 6.48. The van der Waals surface area contributed by atoms with Gasteiger partial charge in [-0.1, -0.05) is 18.7 Å². The van der Waals surface area contributed by atoms with Gasteiger partial charge in [0.25, 0.3) is 0 Å². The van der Waals surface area contributed by atoms with Crippen molar-refractivity contribution in [1.82, 2.24) is 9.97 Å². The lowest BCUT2D eigenvalue weighted by Gasteiger charge is -2.29. The predicted octanol–water partition coefficient (Wildman–Crippen LogP) is 5.15. The van der Waals surface area contributed by atoms with Crippen LogP contribution < -0.4 is 20.3 Å². The van der Waals surface area contributed by atoms with Crippen LogP contribution in [0, 0.1) is 5.82 Å². The summed E-state index contributed by atoms with van der Waals surface area (Å²) in [6, 6.07) is 15.8. The first-order valence-corrected chi connectivity index (χ1v) is 11.8. The maximum atomic E-state index is 15.1. The van der Waals surface area contributed by atoms with Crippen LogP contribution in [0.4, 0.5) is 27.4 Å². The van der Waals surface area contributed by atoms with E-state index in [1.807, 2.05) is 18.2 Å². The van der Waals surface area contributed by atoms with Crippen molar-refractivity contribution in [2.45, 2.75) is 0 Å². The number of anilines is 4. The summed E-state index contributed by atoms with van der Waals surface area (Å²) in [4.78, 5) is 23.1. The number of carbonyl (C=O) groups excluding carboxylic acids is 1. The van der Waals surface area contributed by atoms with Crippen molar-refractivity contribution < 1.29 is 18.7 Å². The van der Waals surface area contributed by atoms with Crippen LogP contribution in [0.5, 0.6) is 5.75 Å². The molecule has 1 saturated heterocycles. The maximum Gasteiger partial charge on any atom is 0.247 e. The van der Waals surface area contributed by atoms with Crippen LogP contribution in [-0.4, -0.2) is 49.3 Å². The first kappa shape index (κ1) is 24.2. The van der Waals surface area contributed by atoms with Crippen LogP contribution in [0.3, 0.4) is 0 Å². The van der Waals surface area contributed by atoms with E-state index < -0.39 is 5.82 Å². The van der Waals surface area contributed by atoms with Crippen molar-refractivity contribution in [3.8, 4) is 16.9 Å². The molecule has 1 aliphatic rings. The Hall–Kier alpha value is -4.50. The summed E-state index contributed by atoms with van der Waals surface area (Å²) in [6.07, 6.45) is 2.82. The van der Waals surface area contributed by atoms with Gasteiger partial charge in [0.1, 0.15) is 11.6 Å². The molecule has 1 fully saturated rings. The number of amides is 1. The minimum Gasteiger partial charge on any atom is -0.494 e. The Balaban J connectivity index is 1.49. The number of nitrogens with zero attached hydrogens (tertiary/aromatic N) is 3. The number of methoxy groups -OCH3 is 1. The van der Waals surface area contributed by atoms with Gasteiger partial charge in [-0.25, -0.2) is 14.4 Å². The average Bonchev–Trinajstić information content (AvgIpc) is 2.93. The molecule has 1 aromatic heterocycles. The summed E-state index contributed by atoms with van der Waals surface area (Å²) in [5.41, 5.74) is 3.57. The Labute approximate surface area is 213 Å². The highest BCUT2D eigenvalue weighted by Gasteiger charge is 2.16. The molecule has 5 rings (SSSR count). The van der Waals surface area contributed by atoms with E-state index in [0.717, 1.165) is 18.8 Å². The van der Waals surface area contributed by atoms with Gasteiger partial charge in [-0.3, -0.25) is 4.79 Å². The molecule has 0 spiro atoms. The van der Waals surface area contributed by atoms with Gasteiger partial charge in [0.2, 0.25) is 11.9 Å². The molecule has 0 aliphatic carbocycles. The largest absolute Gasteiger partial charge is 0.494 e. The van der Waals surface area contributed by atoms with Crippen LogP contribution in [0.1, 0.15) is 0 Å². The number of ether oxygens (including phenoxy) is 2. The van der Waals surface area contributed by atoms with Crippen molar-refractivity contribution in [3.63, 3.8) is 0 Å². The predicted molar refractivity (Wildman–Crippen MR) is 143 cm³/mol. The van der Waals surface area contributed by atoms with Gasteiger partial charge in [0.15, 0.2) is 0 Å². The van der Waals surface area contributed by atoms with Crippen LogP contribution in [-0.2, 0) is 9.53 Å². The Bertz CT molecular complexity index is 1470. The number of halogens is 1. The maximum absolute atomic E-state index is 15.1. The van der Waals surface area contributed by atoms with Gasteiger partial charge < -0.3 is 25.0 Å². The second-order valence-electron chi connectivity index (χ2n) is 8.44. The standard InChI is InChI=1S/C28H26FN5O3/c1-3-25(35)31-20-6-4-5-18(15-20)26-22(29)9-7-19-17-30-28(33-27(19)26)32-23-10-8-21(16-24(23)36-2)34-11-13-37-14-12-34/h3-10,15-17H,1,11-14H2,2H3,(H,31,35)(H,30,32,33). The third-order valence-corrected chi connectivity index (χ3v) is 6.11. The second-order valence-corrected chi connectivity index (χ2v) is 8.44. The van der Waals surface area contributed by atoms with Crippen molar-refractivity contribution >= 4 is 39.8 Å². The van der Waals surface area contributed by atoms with Crippen molar-refractivity contribution in [2.24, 2.45) is 0 Å². The molecule has 0 saturated carbocycles. The molecule has 3 aromatic carbocycles. The summed E-state index contributed by atoms with van der Waals surface area (Å²) < 4.78 is 26.2. The fourth-order valence-electron chi connectivity index (χ4n) is 4.28. The molecule has 2 N–H and O–H groups in total. The van der Waals surface area contributed by atoms with Crippen LogP contribution in [0.25, 0.3) is 22.0 Å². The Kier molecular flexibility index (Phi) is 6.96.